The first-order valence-electron chi connectivity index (χ1n) is 6.49. The lowest BCUT2D eigenvalue weighted by Gasteiger charge is -2.22. The molecule has 1 aliphatic heterocycles. The van der Waals surface area contributed by atoms with Crippen LogP contribution in [0.5, 0.6) is 0 Å². The van der Waals surface area contributed by atoms with Crippen LogP contribution < -0.4 is 15.4 Å². The molecule has 2 heterocycles. The average molecular weight is 312 g/mol. The quantitative estimate of drug-likeness (QED) is 0.637. The molecule has 0 radical (unpaired) electrons. The summed E-state index contributed by atoms with van der Waals surface area (Å²) in [4.78, 5) is 26.6. The number of nitrogens with one attached hydrogen (secondary N) is 3. The van der Waals surface area contributed by atoms with Crippen molar-refractivity contribution in [2.45, 2.75) is 30.8 Å². The van der Waals surface area contributed by atoms with Crippen LogP contribution in [0.25, 0.3) is 0 Å². The van der Waals surface area contributed by atoms with Crippen molar-refractivity contribution in [1.82, 2.24) is 15.0 Å². The molecule has 1 saturated heterocycles. The van der Waals surface area contributed by atoms with Gasteiger partial charge >= 0.3 is 0 Å². The van der Waals surface area contributed by atoms with Crippen LogP contribution >= 0.6 is 0 Å². The molecule has 0 aliphatic carbocycles. The zero-order valence-corrected chi connectivity index (χ0v) is 12.2. The summed E-state index contributed by atoms with van der Waals surface area (Å²) < 4.78 is 27.0. The minimum atomic E-state index is -3.96. The molecule has 0 bridgehead atoms. The molecule has 0 spiro atoms. The zero-order chi connectivity index (χ0) is 15.5. The largest absolute Gasteiger partial charge is 0.383 e. The Kier molecular flexibility index (Phi) is 4.53. The number of carbonyl (C=O) groups is 2. The SMILES string of the molecule is CCNc1cccnc1S(=O)(=O)NC1CCC(=O)NC1=O. The molecule has 9 heteroatoms. The maximum atomic E-state index is 12.3. The topological polar surface area (TPSA) is 117 Å². The van der Waals surface area contributed by atoms with E-state index in [1.165, 1.54) is 6.20 Å². The van der Waals surface area contributed by atoms with Gasteiger partial charge in [-0.3, -0.25) is 14.9 Å². The van der Waals surface area contributed by atoms with Crippen LogP contribution in [0.15, 0.2) is 23.4 Å². The summed E-state index contributed by atoms with van der Waals surface area (Å²) in [7, 11) is -3.96. The second kappa shape index (κ2) is 6.19. The number of imide groups is 1. The van der Waals surface area contributed by atoms with Crippen molar-refractivity contribution in [2.75, 3.05) is 11.9 Å². The lowest BCUT2D eigenvalue weighted by Crippen LogP contribution is -2.52. The molecule has 0 saturated carbocycles. The third-order valence-corrected chi connectivity index (χ3v) is 4.36. The van der Waals surface area contributed by atoms with Crippen LogP contribution in [0.3, 0.4) is 0 Å². The van der Waals surface area contributed by atoms with Gasteiger partial charge in [0.15, 0.2) is 5.03 Å². The number of aromatic nitrogens is 1. The van der Waals surface area contributed by atoms with E-state index in [4.69, 9.17) is 0 Å². The van der Waals surface area contributed by atoms with Gasteiger partial charge < -0.3 is 5.32 Å². The fourth-order valence-electron chi connectivity index (χ4n) is 1.98. The molecule has 8 nitrogen and oxygen atoms in total. The Balaban J connectivity index is 2.23. The third-order valence-electron chi connectivity index (χ3n) is 2.93. The van der Waals surface area contributed by atoms with Crippen molar-refractivity contribution in [3.63, 3.8) is 0 Å². The monoisotopic (exact) mass is 312 g/mol. The Labute approximate surface area is 122 Å². The van der Waals surface area contributed by atoms with E-state index in [-0.39, 0.29) is 17.9 Å². The Bertz CT molecular complexity index is 659. The lowest BCUT2D eigenvalue weighted by molar-refractivity contribution is -0.134. The summed E-state index contributed by atoms with van der Waals surface area (Å²) in [6.45, 7) is 2.36. The van der Waals surface area contributed by atoms with E-state index in [2.05, 4.69) is 20.3 Å². The number of sulfonamides is 1. The van der Waals surface area contributed by atoms with E-state index in [1.807, 2.05) is 6.92 Å². The van der Waals surface area contributed by atoms with E-state index >= 15 is 0 Å². The van der Waals surface area contributed by atoms with Crippen molar-refractivity contribution in [3.8, 4) is 0 Å². The molecule has 3 N–H and O–H groups in total. The van der Waals surface area contributed by atoms with Gasteiger partial charge in [0, 0.05) is 19.2 Å². The van der Waals surface area contributed by atoms with E-state index < -0.39 is 27.9 Å². The normalized spacial score (nSPS) is 19.2. The number of hydrogen-bond donors (Lipinski definition) is 3. The van der Waals surface area contributed by atoms with Crippen molar-refractivity contribution >= 4 is 27.5 Å². The van der Waals surface area contributed by atoms with Crippen molar-refractivity contribution in [2.24, 2.45) is 0 Å². The third kappa shape index (κ3) is 3.56. The number of hydrogen-bond acceptors (Lipinski definition) is 6. The Morgan fingerprint density at radius 2 is 2.19 bits per heavy atom. The van der Waals surface area contributed by atoms with Crippen molar-refractivity contribution in [3.05, 3.63) is 18.3 Å². The van der Waals surface area contributed by atoms with Gasteiger partial charge in [-0.2, -0.15) is 4.72 Å². The second-order valence-corrected chi connectivity index (χ2v) is 6.14. The van der Waals surface area contributed by atoms with Gasteiger partial charge in [-0.25, -0.2) is 13.4 Å². The Hall–Kier alpha value is -2.00. The molecule has 1 aliphatic rings. The van der Waals surface area contributed by atoms with Gasteiger partial charge in [0.25, 0.3) is 10.0 Å². The minimum Gasteiger partial charge on any atom is -0.383 e. The average Bonchev–Trinajstić information content (AvgIpc) is 2.43. The number of amides is 2. The summed E-state index contributed by atoms with van der Waals surface area (Å²) >= 11 is 0. The molecule has 0 aromatic carbocycles. The van der Waals surface area contributed by atoms with Gasteiger partial charge in [0.05, 0.1) is 5.69 Å². The van der Waals surface area contributed by atoms with Crippen LogP contribution in [0.4, 0.5) is 5.69 Å². The summed E-state index contributed by atoms with van der Waals surface area (Å²) in [5.41, 5.74) is 0.361. The van der Waals surface area contributed by atoms with Gasteiger partial charge in [-0.05, 0) is 25.5 Å². The first kappa shape index (κ1) is 15.4. The number of piperidine rings is 1. The zero-order valence-electron chi connectivity index (χ0n) is 11.4. The first-order chi connectivity index (χ1) is 9.94. The fourth-order valence-corrected chi connectivity index (χ4v) is 3.32. The van der Waals surface area contributed by atoms with Crippen molar-refractivity contribution in [1.29, 1.82) is 0 Å². The van der Waals surface area contributed by atoms with Gasteiger partial charge in [0.1, 0.15) is 6.04 Å². The minimum absolute atomic E-state index is 0.0984. The standard InChI is InChI=1S/C12H16N4O4S/c1-2-13-9-4-3-7-14-12(9)21(19,20)16-8-5-6-10(17)15-11(8)18/h3-4,7-8,13,16H,2,5-6H2,1H3,(H,15,17,18). The number of anilines is 1. The summed E-state index contributed by atoms with van der Waals surface area (Å²) in [5, 5.41) is 4.83. The number of carbonyl (C=O) groups excluding carboxylic acids is 2. The van der Waals surface area contributed by atoms with Gasteiger partial charge in [-0.15, -0.1) is 0 Å². The van der Waals surface area contributed by atoms with Crippen molar-refractivity contribution < 1.29 is 18.0 Å². The van der Waals surface area contributed by atoms with Crippen LogP contribution in [-0.4, -0.2) is 37.8 Å². The maximum absolute atomic E-state index is 12.3. The first-order valence-corrected chi connectivity index (χ1v) is 7.97. The highest BCUT2D eigenvalue weighted by Crippen LogP contribution is 2.19. The van der Waals surface area contributed by atoms with Crippen LogP contribution in [0.1, 0.15) is 19.8 Å². The highest BCUT2D eigenvalue weighted by molar-refractivity contribution is 7.89. The molecule has 2 rings (SSSR count). The summed E-state index contributed by atoms with van der Waals surface area (Å²) in [5.74, 6) is -1.04. The molecule has 2 amide bonds. The second-order valence-electron chi connectivity index (χ2n) is 4.51. The molecule has 21 heavy (non-hydrogen) atoms. The summed E-state index contributed by atoms with van der Waals surface area (Å²) in [6.07, 6.45) is 1.59. The molecule has 1 fully saturated rings. The Morgan fingerprint density at radius 1 is 1.43 bits per heavy atom. The molecular formula is C12H16N4O4S. The van der Waals surface area contributed by atoms with Gasteiger partial charge in [0.2, 0.25) is 11.8 Å². The van der Waals surface area contributed by atoms with E-state index in [0.29, 0.717) is 12.2 Å². The predicted molar refractivity (Wildman–Crippen MR) is 74.9 cm³/mol. The van der Waals surface area contributed by atoms with Crippen LogP contribution in [0.2, 0.25) is 0 Å². The summed E-state index contributed by atoms with van der Waals surface area (Å²) in [6, 6.07) is 2.24. The maximum Gasteiger partial charge on any atom is 0.260 e. The number of pyridine rings is 1. The lowest BCUT2D eigenvalue weighted by atomic mass is 10.1. The number of nitrogens with zero attached hydrogens (tertiary/aromatic N) is 1. The predicted octanol–water partition coefficient (Wildman–Crippen LogP) is -0.403. The molecule has 1 unspecified atom stereocenters. The number of rotatable bonds is 5. The molecule has 114 valence electrons. The highest BCUT2D eigenvalue weighted by atomic mass is 32.2. The van der Waals surface area contributed by atoms with E-state index in [9.17, 15) is 18.0 Å². The molecule has 1 atom stereocenters. The molecule has 1 aromatic heterocycles. The van der Waals surface area contributed by atoms with Gasteiger partial charge in [-0.1, -0.05) is 0 Å². The smallest absolute Gasteiger partial charge is 0.260 e. The van der Waals surface area contributed by atoms with E-state index in [0.717, 1.165) is 0 Å². The Morgan fingerprint density at radius 3 is 2.86 bits per heavy atom. The molecule has 1 aromatic rings. The van der Waals surface area contributed by atoms with Crippen LogP contribution in [-0.2, 0) is 19.6 Å². The molecular weight excluding hydrogens is 296 g/mol. The fraction of sp³-hybridized carbons (Fsp3) is 0.417. The van der Waals surface area contributed by atoms with Crippen LogP contribution in [0, 0.1) is 0 Å². The van der Waals surface area contributed by atoms with E-state index in [1.54, 1.807) is 12.1 Å². The highest BCUT2D eigenvalue weighted by Gasteiger charge is 2.32.